The van der Waals surface area contributed by atoms with Crippen LogP contribution in [0.4, 0.5) is 0 Å². The number of unbranched alkanes of at least 4 members (excludes halogenated alkanes) is 8. The van der Waals surface area contributed by atoms with Gasteiger partial charge in [0.1, 0.15) is 11.5 Å². The maximum absolute atomic E-state index is 14.3. The highest BCUT2D eigenvalue weighted by atomic mass is 16.3. The number of hydrogen-bond donors (Lipinski definition) is 2. The first-order chi connectivity index (χ1) is 19.6. The number of phenolic OH excluding ortho intramolecular Hbond substituents is 2. The number of carbonyl (C=O) groups excluding carboxylic acids is 1. The van der Waals surface area contributed by atoms with Crippen molar-refractivity contribution >= 4 is 16.7 Å². The molecule has 0 spiro atoms. The van der Waals surface area contributed by atoms with Gasteiger partial charge < -0.3 is 15.1 Å². The molecule has 4 aromatic carbocycles. The monoisotopic (exact) mass is 535 g/mol. The fourth-order valence-corrected chi connectivity index (χ4v) is 6.36. The fourth-order valence-electron chi connectivity index (χ4n) is 6.36. The van der Waals surface area contributed by atoms with Gasteiger partial charge in [-0.25, -0.2) is 0 Å². The SMILES string of the molecule is CCCCCCCCCCCC(=O)N1C(c2ccccc2)c2c(O)ccc3ccc(O)c(c23)C1c1ccccc1. The molecule has 1 aliphatic heterocycles. The van der Waals surface area contributed by atoms with Crippen molar-refractivity contribution in [1.29, 1.82) is 0 Å². The smallest absolute Gasteiger partial charge is 0.224 e. The van der Waals surface area contributed by atoms with Gasteiger partial charge in [-0.1, -0.05) is 131 Å². The van der Waals surface area contributed by atoms with Crippen LogP contribution in [0.1, 0.15) is 105 Å². The summed E-state index contributed by atoms with van der Waals surface area (Å²) in [7, 11) is 0. The van der Waals surface area contributed by atoms with Crippen molar-refractivity contribution in [3.05, 3.63) is 107 Å². The molecule has 2 atom stereocenters. The second-order valence-electron chi connectivity index (χ2n) is 11.1. The van der Waals surface area contributed by atoms with Crippen molar-refractivity contribution in [2.75, 3.05) is 0 Å². The van der Waals surface area contributed by atoms with Crippen LogP contribution in [0.25, 0.3) is 10.8 Å². The van der Waals surface area contributed by atoms with Gasteiger partial charge in [0.25, 0.3) is 0 Å². The number of hydrogen-bond acceptors (Lipinski definition) is 3. The minimum atomic E-state index is -0.476. The van der Waals surface area contributed by atoms with E-state index in [1.165, 1.54) is 38.5 Å². The second-order valence-corrected chi connectivity index (χ2v) is 11.1. The lowest BCUT2D eigenvalue weighted by Gasteiger charge is -2.44. The molecule has 4 aromatic rings. The van der Waals surface area contributed by atoms with E-state index in [0.717, 1.165) is 41.2 Å². The lowest BCUT2D eigenvalue weighted by molar-refractivity contribution is -0.135. The van der Waals surface area contributed by atoms with Crippen molar-refractivity contribution in [3.8, 4) is 11.5 Å². The fraction of sp³-hybridized carbons (Fsp3) is 0.361. The summed E-state index contributed by atoms with van der Waals surface area (Å²) in [6.07, 6.45) is 11.1. The van der Waals surface area contributed by atoms with Gasteiger partial charge >= 0.3 is 0 Å². The average Bonchev–Trinajstić information content (AvgIpc) is 2.99. The number of phenols is 2. The van der Waals surface area contributed by atoms with Crippen LogP contribution >= 0.6 is 0 Å². The Hall–Kier alpha value is -3.79. The van der Waals surface area contributed by atoms with Gasteiger partial charge in [-0.3, -0.25) is 4.79 Å². The molecule has 5 rings (SSSR count). The molecule has 4 nitrogen and oxygen atoms in total. The van der Waals surface area contributed by atoms with Crippen LogP contribution in [-0.2, 0) is 4.79 Å². The number of nitrogens with zero attached hydrogens (tertiary/aromatic N) is 1. The van der Waals surface area contributed by atoms with Gasteiger partial charge in [-0.2, -0.15) is 0 Å². The van der Waals surface area contributed by atoms with Gasteiger partial charge in [-0.15, -0.1) is 0 Å². The predicted molar refractivity (Wildman–Crippen MR) is 163 cm³/mol. The van der Waals surface area contributed by atoms with E-state index in [2.05, 4.69) is 6.92 Å². The van der Waals surface area contributed by atoms with E-state index in [1.807, 2.05) is 77.7 Å². The quantitative estimate of drug-likeness (QED) is 0.178. The summed E-state index contributed by atoms with van der Waals surface area (Å²) in [5, 5.41) is 24.3. The number of aromatic hydroxyl groups is 2. The number of carbonyl (C=O) groups is 1. The molecule has 208 valence electrons. The molecule has 0 radical (unpaired) electrons. The van der Waals surface area contributed by atoms with Crippen LogP contribution in [0, 0.1) is 0 Å². The Balaban J connectivity index is 1.52. The van der Waals surface area contributed by atoms with Crippen molar-refractivity contribution in [2.45, 2.75) is 83.2 Å². The second kappa shape index (κ2) is 13.0. The molecule has 1 heterocycles. The highest BCUT2D eigenvalue weighted by molar-refractivity contribution is 5.96. The lowest BCUT2D eigenvalue weighted by Crippen LogP contribution is -2.41. The molecule has 0 saturated heterocycles. The third-order valence-electron chi connectivity index (χ3n) is 8.34. The normalized spacial score (nSPS) is 16.4. The highest BCUT2D eigenvalue weighted by Crippen LogP contribution is 2.53. The summed E-state index contributed by atoms with van der Waals surface area (Å²) in [5.41, 5.74) is 3.26. The number of benzene rings is 4. The van der Waals surface area contributed by atoms with Crippen LogP contribution in [0.3, 0.4) is 0 Å². The van der Waals surface area contributed by atoms with Crippen LogP contribution in [0.2, 0.25) is 0 Å². The largest absolute Gasteiger partial charge is 0.508 e. The first-order valence-electron chi connectivity index (χ1n) is 15.0. The minimum absolute atomic E-state index is 0.0379. The highest BCUT2D eigenvalue weighted by Gasteiger charge is 2.42. The third-order valence-corrected chi connectivity index (χ3v) is 8.34. The van der Waals surface area contributed by atoms with Crippen LogP contribution in [0.5, 0.6) is 11.5 Å². The zero-order valence-electron chi connectivity index (χ0n) is 23.6. The molecule has 1 amide bonds. The average molecular weight is 536 g/mol. The Morgan fingerprint density at radius 1 is 0.625 bits per heavy atom. The molecule has 1 aliphatic rings. The number of amides is 1. The van der Waals surface area contributed by atoms with E-state index in [1.54, 1.807) is 12.1 Å². The van der Waals surface area contributed by atoms with Gasteiger partial charge in [0, 0.05) is 22.9 Å². The summed E-state index contributed by atoms with van der Waals surface area (Å²) in [6, 6.07) is 26.2. The Morgan fingerprint density at radius 2 is 1.07 bits per heavy atom. The molecule has 2 unspecified atom stereocenters. The molecular formula is C36H41NO3. The van der Waals surface area contributed by atoms with Gasteiger partial charge in [0.05, 0.1) is 12.1 Å². The summed E-state index contributed by atoms with van der Waals surface area (Å²) < 4.78 is 0. The van der Waals surface area contributed by atoms with Crippen LogP contribution < -0.4 is 0 Å². The molecule has 4 heteroatoms. The summed E-state index contributed by atoms with van der Waals surface area (Å²) >= 11 is 0. The molecule has 0 saturated carbocycles. The Labute approximate surface area is 238 Å². The van der Waals surface area contributed by atoms with E-state index in [-0.39, 0.29) is 17.4 Å². The van der Waals surface area contributed by atoms with Crippen LogP contribution in [-0.4, -0.2) is 21.0 Å². The molecule has 0 bridgehead atoms. The van der Waals surface area contributed by atoms with Crippen molar-refractivity contribution in [1.82, 2.24) is 4.90 Å². The zero-order valence-corrected chi connectivity index (χ0v) is 23.6. The molecule has 0 fully saturated rings. The molecular weight excluding hydrogens is 494 g/mol. The first-order valence-corrected chi connectivity index (χ1v) is 15.0. The molecule has 2 N–H and O–H groups in total. The first kappa shape index (κ1) is 27.8. The maximum atomic E-state index is 14.3. The molecule has 40 heavy (non-hydrogen) atoms. The van der Waals surface area contributed by atoms with Crippen LogP contribution in [0.15, 0.2) is 84.9 Å². The van der Waals surface area contributed by atoms with E-state index in [4.69, 9.17) is 0 Å². The van der Waals surface area contributed by atoms with Gasteiger partial charge in [0.2, 0.25) is 5.91 Å². The Morgan fingerprint density at radius 3 is 1.55 bits per heavy atom. The van der Waals surface area contributed by atoms with E-state index < -0.39 is 12.1 Å². The lowest BCUT2D eigenvalue weighted by atomic mass is 9.79. The summed E-state index contributed by atoms with van der Waals surface area (Å²) in [5.74, 6) is 0.317. The van der Waals surface area contributed by atoms with Crippen molar-refractivity contribution in [3.63, 3.8) is 0 Å². The van der Waals surface area contributed by atoms with E-state index >= 15 is 0 Å². The Bertz CT molecular complexity index is 1330. The third kappa shape index (κ3) is 5.72. The molecule has 0 aromatic heterocycles. The summed E-state index contributed by atoms with van der Waals surface area (Å²) in [6.45, 7) is 2.24. The standard InChI is InChI=1S/C36H41NO3/c1-2-3-4-5-6-7-8-9-16-21-31(40)37-35(27-17-12-10-13-18-27)33-29(38)24-22-26-23-25-30(39)34(32(26)33)36(37)28-19-14-11-15-20-28/h10-15,17-20,22-25,35-36,38-39H,2-9,16,21H2,1H3. The van der Waals surface area contributed by atoms with E-state index in [0.29, 0.717) is 17.5 Å². The maximum Gasteiger partial charge on any atom is 0.224 e. The van der Waals surface area contributed by atoms with Crippen molar-refractivity contribution < 1.29 is 15.0 Å². The van der Waals surface area contributed by atoms with Gasteiger partial charge in [-0.05, 0) is 35.1 Å². The summed E-state index contributed by atoms with van der Waals surface area (Å²) in [4.78, 5) is 16.2. The topological polar surface area (TPSA) is 60.8 Å². The van der Waals surface area contributed by atoms with Crippen molar-refractivity contribution in [2.24, 2.45) is 0 Å². The predicted octanol–water partition coefficient (Wildman–Crippen LogP) is 9.19. The number of rotatable bonds is 12. The molecule has 0 aliphatic carbocycles. The Kier molecular flexibility index (Phi) is 9.05. The zero-order chi connectivity index (χ0) is 27.9. The van der Waals surface area contributed by atoms with E-state index in [9.17, 15) is 15.0 Å². The minimum Gasteiger partial charge on any atom is -0.508 e. The van der Waals surface area contributed by atoms with Gasteiger partial charge in [0.15, 0.2) is 0 Å².